The minimum absolute atomic E-state index is 0. The third-order valence-electron chi connectivity index (χ3n) is 5.22. The first-order valence-corrected chi connectivity index (χ1v) is 13.2. The van der Waals surface area contributed by atoms with E-state index in [0.717, 1.165) is 5.54 Å². The summed E-state index contributed by atoms with van der Waals surface area (Å²) in [5.41, 5.74) is 7.10. The second-order valence-electron chi connectivity index (χ2n) is 6.88. The fourth-order valence-corrected chi connectivity index (χ4v) is 11.5. The van der Waals surface area contributed by atoms with Gasteiger partial charge in [-0.3, -0.25) is 0 Å². The predicted octanol–water partition coefficient (Wildman–Crippen LogP) is -0.271. The molecule has 2 aliphatic carbocycles. The molecule has 0 saturated carbocycles. The molecule has 2 bridgehead atoms. The molecule has 3 heterocycles. The molecule has 0 fully saturated rings. The molecule has 24 heavy (non-hydrogen) atoms. The zero-order valence-corrected chi connectivity index (χ0v) is 19.7. The molecule has 0 saturated heterocycles. The summed E-state index contributed by atoms with van der Waals surface area (Å²) in [6.07, 6.45) is 4.50. The van der Waals surface area contributed by atoms with Gasteiger partial charge >= 0.3 is 75.9 Å². The second-order valence-corrected chi connectivity index (χ2v) is 13.9. The summed E-state index contributed by atoms with van der Waals surface area (Å²) in [5.74, 6) is 0. The summed E-state index contributed by atoms with van der Waals surface area (Å²) < 4.78 is 0.711. The summed E-state index contributed by atoms with van der Waals surface area (Å²) in [6, 6.07) is 10.9. The molecule has 2 unspecified atom stereocenters. The van der Waals surface area contributed by atoms with Gasteiger partial charge in [-0.2, -0.15) is 0 Å². The topological polar surface area (TPSA) is 0 Å². The zero-order valence-electron chi connectivity index (χ0n) is 13.9. The van der Waals surface area contributed by atoms with Crippen molar-refractivity contribution >= 4 is 30.7 Å². The summed E-state index contributed by atoms with van der Waals surface area (Å²) in [6.45, 7) is 7.34. The van der Waals surface area contributed by atoms with Crippen LogP contribution >= 0.6 is 11.3 Å². The van der Waals surface area contributed by atoms with Crippen LogP contribution in [0.2, 0.25) is 13.1 Å². The van der Waals surface area contributed by atoms with E-state index in [-0.39, 0.29) is 24.8 Å². The van der Waals surface area contributed by atoms with E-state index in [4.69, 9.17) is 0 Å². The molecule has 2 aliphatic heterocycles. The Morgan fingerprint density at radius 3 is 2.42 bits per heavy atom. The number of thiophene rings is 1. The van der Waals surface area contributed by atoms with Crippen LogP contribution < -0.4 is 24.8 Å². The van der Waals surface area contributed by atoms with Gasteiger partial charge in [0.15, 0.2) is 0 Å². The van der Waals surface area contributed by atoms with Gasteiger partial charge in [-0.1, -0.05) is 23.9 Å². The SMILES string of the molecule is CC1=C2c3ccsc3C1[Si]2(C)C.[Cl-].[Cl-].[Zr+2][CH]1C=Cc2ccccc21. The van der Waals surface area contributed by atoms with Gasteiger partial charge in [-0.15, -0.1) is 11.3 Å². The molecule has 4 aliphatic rings. The van der Waals surface area contributed by atoms with Crippen molar-refractivity contribution in [2.75, 3.05) is 0 Å². The van der Waals surface area contributed by atoms with Gasteiger partial charge in [0, 0.05) is 10.4 Å². The first kappa shape index (κ1) is 20.4. The van der Waals surface area contributed by atoms with E-state index in [0.29, 0.717) is 3.63 Å². The Bertz CT molecular complexity index is 822. The van der Waals surface area contributed by atoms with Gasteiger partial charge in [-0.05, 0) is 23.9 Å². The van der Waals surface area contributed by atoms with Crippen LogP contribution in [0.1, 0.15) is 37.7 Å². The van der Waals surface area contributed by atoms with Crippen LogP contribution in [0.5, 0.6) is 0 Å². The average molecular weight is 470 g/mol. The van der Waals surface area contributed by atoms with E-state index in [2.05, 4.69) is 67.9 Å². The van der Waals surface area contributed by atoms with Crippen LogP contribution in [0.15, 0.2) is 47.4 Å². The van der Waals surface area contributed by atoms with Crippen molar-refractivity contribution in [3.8, 4) is 0 Å². The average Bonchev–Trinajstić information content (AvgIpc) is 3.18. The molecule has 2 atom stereocenters. The summed E-state index contributed by atoms with van der Waals surface area (Å²) in [7, 11) is -0.972. The van der Waals surface area contributed by atoms with Crippen molar-refractivity contribution in [1.82, 2.24) is 0 Å². The standard InChI is InChI=1S/C10H12SSi.C9H7.2ClH.Zr/c1-6-9-7-4-5-11-8(7)10(6)12(9,2)3;1-2-5-9-7-3-6-8(9)4-1;;;/h4-5,10H,1-3H3;1-7H;2*1H;/q;;;;+2/p-2. The van der Waals surface area contributed by atoms with Crippen LogP contribution in [0.25, 0.3) is 11.3 Å². The maximum atomic E-state index is 2.51. The monoisotopic (exact) mass is 467 g/mol. The molecule has 1 aromatic carbocycles. The van der Waals surface area contributed by atoms with Crippen molar-refractivity contribution < 1.29 is 49.5 Å². The van der Waals surface area contributed by atoms with Gasteiger partial charge in [-0.25, -0.2) is 0 Å². The van der Waals surface area contributed by atoms with E-state index >= 15 is 0 Å². The Morgan fingerprint density at radius 1 is 1.08 bits per heavy atom. The number of benzene rings is 1. The molecular formula is C19H19Cl2SSiZr. The van der Waals surface area contributed by atoms with Crippen molar-refractivity contribution in [2.45, 2.75) is 29.2 Å². The number of hydrogen-bond donors (Lipinski definition) is 0. The van der Waals surface area contributed by atoms with E-state index in [1.165, 1.54) is 11.1 Å². The molecule has 0 nitrogen and oxygen atoms in total. The maximum absolute atomic E-state index is 2.51. The summed E-state index contributed by atoms with van der Waals surface area (Å²) in [5, 5.41) is 4.01. The molecule has 1 aromatic heterocycles. The summed E-state index contributed by atoms with van der Waals surface area (Å²) >= 11 is 3.55. The molecule has 123 valence electrons. The molecule has 0 N–H and O–H groups in total. The number of fused-ring (bicyclic) bond motifs is 1. The Labute approximate surface area is 177 Å². The Balaban J connectivity index is 0.000000163. The third-order valence-corrected chi connectivity index (χ3v) is 11.8. The van der Waals surface area contributed by atoms with Crippen LogP contribution in [-0.4, -0.2) is 8.07 Å². The Hall–Kier alpha value is 0.0800. The molecule has 5 heteroatoms. The fraction of sp³-hybridized carbons (Fsp3) is 0.263. The first-order chi connectivity index (χ1) is 10.5. The van der Waals surface area contributed by atoms with Gasteiger partial charge in [0.2, 0.25) is 0 Å². The normalized spacial score (nSPS) is 23.2. The van der Waals surface area contributed by atoms with Crippen LogP contribution in [0.3, 0.4) is 0 Å². The van der Waals surface area contributed by atoms with Gasteiger partial charge in [0.05, 0.1) is 8.07 Å². The quantitative estimate of drug-likeness (QED) is 0.466. The van der Waals surface area contributed by atoms with Crippen LogP contribution in [0.4, 0.5) is 0 Å². The first-order valence-electron chi connectivity index (χ1n) is 7.79. The molecule has 2 aromatic rings. The van der Waals surface area contributed by atoms with Crippen molar-refractivity contribution in [3.05, 3.63) is 68.9 Å². The predicted molar refractivity (Wildman–Crippen MR) is 95.4 cm³/mol. The van der Waals surface area contributed by atoms with Gasteiger partial charge in [0.25, 0.3) is 0 Å². The van der Waals surface area contributed by atoms with Gasteiger partial charge in [0.1, 0.15) is 0 Å². The van der Waals surface area contributed by atoms with Crippen molar-refractivity contribution in [1.29, 1.82) is 0 Å². The number of hydrogen-bond acceptors (Lipinski definition) is 1. The van der Waals surface area contributed by atoms with Crippen LogP contribution in [-0.2, 0) is 24.7 Å². The van der Waals surface area contributed by atoms with E-state index in [9.17, 15) is 0 Å². The number of halogens is 2. The molecular weight excluding hydrogens is 450 g/mol. The van der Waals surface area contributed by atoms with Crippen molar-refractivity contribution in [3.63, 3.8) is 0 Å². The Morgan fingerprint density at radius 2 is 1.79 bits per heavy atom. The number of rotatable bonds is 0. The van der Waals surface area contributed by atoms with Gasteiger partial charge < -0.3 is 24.8 Å². The third kappa shape index (κ3) is 2.91. The molecule has 0 spiro atoms. The molecule has 0 amide bonds. The van der Waals surface area contributed by atoms with E-state index < -0.39 is 8.07 Å². The number of allylic oxidation sites excluding steroid dienone is 2. The second kappa shape index (κ2) is 7.37. The van der Waals surface area contributed by atoms with E-state index in [1.54, 1.807) is 45.9 Å². The zero-order chi connectivity index (χ0) is 15.5. The van der Waals surface area contributed by atoms with Crippen molar-refractivity contribution in [2.24, 2.45) is 0 Å². The summed E-state index contributed by atoms with van der Waals surface area (Å²) in [4.78, 5) is 1.68. The molecule has 6 rings (SSSR count). The van der Waals surface area contributed by atoms with E-state index in [1.807, 2.05) is 11.3 Å². The van der Waals surface area contributed by atoms with Crippen LogP contribution in [0, 0.1) is 0 Å². The molecule has 0 radical (unpaired) electrons. The minimum atomic E-state index is -0.972. The fourth-order valence-electron chi connectivity index (χ4n) is 4.34. The Kier molecular flexibility index (Phi) is 6.26.